The molecular weight excluding hydrogens is 260 g/mol. The van der Waals surface area contributed by atoms with Crippen molar-refractivity contribution in [2.45, 2.75) is 19.3 Å². The number of aromatic nitrogens is 1. The smallest absolute Gasteiger partial charge is 0.115 e. The summed E-state index contributed by atoms with van der Waals surface area (Å²) in [6.45, 7) is 2.68. The molecule has 0 fully saturated rings. The van der Waals surface area contributed by atoms with Gasteiger partial charge in [-0.3, -0.25) is 0 Å². The summed E-state index contributed by atoms with van der Waals surface area (Å²) in [5.74, 6) is 0.542. The van der Waals surface area contributed by atoms with E-state index in [0.717, 1.165) is 17.5 Å². The number of fused-ring (bicyclic) bond motifs is 1. The molecule has 2 aromatic carbocycles. The lowest BCUT2D eigenvalue weighted by Crippen LogP contribution is -2.14. The van der Waals surface area contributed by atoms with Crippen molar-refractivity contribution in [3.05, 3.63) is 65.4 Å². The Morgan fingerprint density at radius 3 is 2.81 bits per heavy atom. The van der Waals surface area contributed by atoms with Gasteiger partial charge < -0.3 is 15.8 Å². The number of benzene rings is 2. The Hall–Kier alpha value is -2.26. The number of aromatic amines is 1. The van der Waals surface area contributed by atoms with Crippen molar-refractivity contribution in [3.8, 4) is 5.75 Å². The number of aromatic hydroxyl groups is 1. The summed E-state index contributed by atoms with van der Waals surface area (Å²) in [7, 11) is 0. The van der Waals surface area contributed by atoms with E-state index < -0.39 is 0 Å². The van der Waals surface area contributed by atoms with Gasteiger partial charge in [-0.25, -0.2) is 0 Å². The average Bonchev–Trinajstić information content (AvgIpc) is 2.88. The molecule has 1 atom stereocenters. The van der Waals surface area contributed by atoms with Crippen molar-refractivity contribution < 1.29 is 5.11 Å². The van der Waals surface area contributed by atoms with Gasteiger partial charge in [0, 0.05) is 23.0 Å². The van der Waals surface area contributed by atoms with Gasteiger partial charge in [-0.2, -0.15) is 0 Å². The number of hydrogen-bond donors (Lipinski definition) is 3. The van der Waals surface area contributed by atoms with Crippen molar-refractivity contribution >= 4 is 10.9 Å². The molecule has 0 aliphatic rings. The van der Waals surface area contributed by atoms with Crippen molar-refractivity contribution in [1.29, 1.82) is 0 Å². The van der Waals surface area contributed by atoms with E-state index >= 15 is 0 Å². The van der Waals surface area contributed by atoms with Gasteiger partial charge >= 0.3 is 0 Å². The topological polar surface area (TPSA) is 62.0 Å². The molecule has 108 valence electrons. The second-order valence-corrected chi connectivity index (χ2v) is 5.60. The number of aryl methyl sites for hydroxylation is 1. The summed E-state index contributed by atoms with van der Waals surface area (Å²) >= 11 is 0. The van der Waals surface area contributed by atoms with Gasteiger partial charge in [0.2, 0.25) is 0 Å². The lowest BCUT2D eigenvalue weighted by Gasteiger charge is -2.15. The largest absolute Gasteiger partial charge is 0.508 e. The Bertz CT molecular complexity index is 761. The Morgan fingerprint density at radius 2 is 2.05 bits per heavy atom. The van der Waals surface area contributed by atoms with Crippen LogP contribution in [0.5, 0.6) is 5.75 Å². The quantitative estimate of drug-likeness (QED) is 0.685. The SMILES string of the molecule is Cc1ccc2[nH]cc(C(CN)Cc3cccc(O)c3)c2c1. The number of nitrogens with one attached hydrogen (secondary N) is 1. The molecule has 3 heteroatoms. The van der Waals surface area contributed by atoms with Crippen LogP contribution in [0.2, 0.25) is 0 Å². The van der Waals surface area contributed by atoms with Gasteiger partial charge in [0.15, 0.2) is 0 Å². The van der Waals surface area contributed by atoms with Crippen LogP contribution in [0.3, 0.4) is 0 Å². The normalized spacial score (nSPS) is 12.7. The van der Waals surface area contributed by atoms with E-state index in [1.54, 1.807) is 6.07 Å². The third-order valence-corrected chi connectivity index (χ3v) is 3.99. The Morgan fingerprint density at radius 1 is 1.19 bits per heavy atom. The summed E-state index contributed by atoms with van der Waals surface area (Å²) < 4.78 is 0. The van der Waals surface area contributed by atoms with Crippen LogP contribution in [0.4, 0.5) is 0 Å². The third kappa shape index (κ3) is 2.78. The van der Waals surface area contributed by atoms with Crippen LogP contribution in [0, 0.1) is 6.92 Å². The summed E-state index contributed by atoms with van der Waals surface area (Å²) in [6, 6.07) is 13.8. The maximum Gasteiger partial charge on any atom is 0.115 e. The molecule has 3 aromatic rings. The predicted molar refractivity (Wildman–Crippen MR) is 86.6 cm³/mol. The summed E-state index contributed by atoms with van der Waals surface area (Å²) in [5.41, 5.74) is 10.7. The van der Waals surface area contributed by atoms with Crippen LogP contribution in [-0.4, -0.2) is 16.6 Å². The molecule has 0 bridgehead atoms. The van der Waals surface area contributed by atoms with Gasteiger partial charge in [0.05, 0.1) is 0 Å². The third-order valence-electron chi connectivity index (χ3n) is 3.99. The van der Waals surface area contributed by atoms with Gasteiger partial charge in [0.1, 0.15) is 5.75 Å². The molecular formula is C18H20N2O. The first-order valence-corrected chi connectivity index (χ1v) is 7.23. The number of H-pyrrole nitrogens is 1. The minimum absolute atomic E-state index is 0.238. The van der Waals surface area contributed by atoms with E-state index in [-0.39, 0.29) is 5.92 Å². The molecule has 0 aliphatic heterocycles. The highest BCUT2D eigenvalue weighted by atomic mass is 16.3. The molecule has 0 amide bonds. The van der Waals surface area contributed by atoms with Crippen molar-refractivity contribution in [3.63, 3.8) is 0 Å². The zero-order chi connectivity index (χ0) is 14.8. The van der Waals surface area contributed by atoms with E-state index in [4.69, 9.17) is 5.73 Å². The van der Waals surface area contributed by atoms with Crippen LogP contribution in [0.15, 0.2) is 48.7 Å². The van der Waals surface area contributed by atoms with Crippen molar-refractivity contribution in [2.24, 2.45) is 5.73 Å². The highest BCUT2D eigenvalue weighted by Crippen LogP contribution is 2.29. The first-order chi connectivity index (χ1) is 10.2. The standard InChI is InChI=1S/C18H20N2O/c1-12-5-6-18-16(7-12)17(11-20-18)14(10-19)8-13-3-2-4-15(21)9-13/h2-7,9,11,14,20-21H,8,10,19H2,1H3. The Kier molecular flexibility index (Phi) is 3.67. The zero-order valence-electron chi connectivity index (χ0n) is 12.1. The van der Waals surface area contributed by atoms with E-state index in [2.05, 4.69) is 36.3 Å². The Balaban J connectivity index is 1.96. The predicted octanol–water partition coefficient (Wildman–Crippen LogP) is 3.47. The first kappa shape index (κ1) is 13.7. The fourth-order valence-corrected chi connectivity index (χ4v) is 2.88. The number of phenolic OH excluding ortho intramolecular Hbond substituents is 1. The first-order valence-electron chi connectivity index (χ1n) is 7.23. The van der Waals surface area contributed by atoms with E-state index in [1.165, 1.54) is 16.5 Å². The molecule has 1 heterocycles. The molecule has 0 saturated carbocycles. The summed E-state index contributed by atoms with van der Waals surface area (Å²) in [5, 5.41) is 10.8. The van der Waals surface area contributed by atoms with Crippen LogP contribution < -0.4 is 5.73 Å². The van der Waals surface area contributed by atoms with E-state index in [0.29, 0.717) is 12.3 Å². The van der Waals surface area contributed by atoms with Gasteiger partial charge in [-0.1, -0.05) is 23.8 Å². The van der Waals surface area contributed by atoms with Gasteiger partial charge in [-0.05, 0) is 55.3 Å². The number of hydrogen-bond acceptors (Lipinski definition) is 2. The maximum atomic E-state index is 9.60. The second-order valence-electron chi connectivity index (χ2n) is 5.60. The summed E-state index contributed by atoms with van der Waals surface area (Å²) in [4.78, 5) is 3.32. The molecule has 4 N–H and O–H groups in total. The molecule has 21 heavy (non-hydrogen) atoms. The maximum absolute atomic E-state index is 9.60. The summed E-state index contributed by atoms with van der Waals surface area (Å²) in [6.07, 6.45) is 2.89. The zero-order valence-corrected chi connectivity index (χ0v) is 12.1. The lowest BCUT2D eigenvalue weighted by molar-refractivity contribution is 0.474. The van der Waals surface area contributed by atoms with Crippen LogP contribution in [0.25, 0.3) is 10.9 Å². The van der Waals surface area contributed by atoms with E-state index in [9.17, 15) is 5.11 Å². The molecule has 3 rings (SSSR count). The lowest BCUT2D eigenvalue weighted by atomic mass is 9.91. The fraction of sp³-hybridized carbons (Fsp3) is 0.222. The minimum atomic E-state index is 0.238. The monoisotopic (exact) mass is 280 g/mol. The molecule has 0 aliphatic carbocycles. The second kappa shape index (κ2) is 5.62. The van der Waals surface area contributed by atoms with Crippen molar-refractivity contribution in [2.75, 3.05) is 6.54 Å². The Labute approximate surface area is 124 Å². The molecule has 1 unspecified atom stereocenters. The van der Waals surface area contributed by atoms with Gasteiger partial charge in [0.25, 0.3) is 0 Å². The molecule has 0 radical (unpaired) electrons. The van der Waals surface area contributed by atoms with Gasteiger partial charge in [-0.15, -0.1) is 0 Å². The van der Waals surface area contributed by atoms with E-state index in [1.807, 2.05) is 18.2 Å². The van der Waals surface area contributed by atoms with Crippen LogP contribution in [0.1, 0.15) is 22.6 Å². The van der Waals surface area contributed by atoms with Crippen molar-refractivity contribution in [1.82, 2.24) is 4.98 Å². The molecule has 0 spiro atoms. The average molecular weight is 280 g/mol. The number of phenols is 1. The highest BCUT2D eigenvalue weighted by molar-refractivity contribution is 5.84. The number of nitrogens with two attached hydrogens (primary N) is 1. The highest BCUT2D eigenvalue weighted by Gasteiger charge is 2.15. The van der Waals surface area contributed by atoms with Crippen LogP contribution >= 0.6 is 0 Å². The fourth-order valence-electron chi connectivity index (χ4n) is 2.88. The number of rotatable bonds is 4. The molecule has 3 nitrogen and oxygen atoms in total. The minimum Gasteiger partial charge on any atom is -0.508 e. The molecule has 1 aromatic heterocycles. The van der Waals surface area contributed by atoms with Crippen LogP contribution in [-0.2, 0) is 6.42 Å². The molecule has 0 saturated heterocycles.